The summed E-state index contributed by atoms with van der Waals surface area (Å²) in [4.78, 5) is 6.53. The van der Waals surface area contributed by atoms with Crippen molar-refractivity contribution < 1.29 is 5.11 Å². The van der Waals surface area contributed by atoms with Crippen LogP contribution in [-0.2, 0) is 19.6 Å². The molecule has 0 aliphatic carbocycles. The van der Waals surface area contributed by atoms with Crippen LogP contribution in [0.3, 0.4) is 0 Å². The summed E-state index contributed by atoms with van der Waals surface area (Å²) in [6, 6.07) is 16.2. The lowest BCUT2D eigenvalue weighted by Gasteiger charge is -2.20. The Kier molecular flexibility index (Phi) is 5.71. The number of hydrogen-bond donors (Lipinski definition) is 1. The first kappa shape index (κ1) is 16.4. The van der Waals surface area contributed by atoms with Gasteiger partial charge in [-0.15, -0.1) is 0 Å². The first-order valence-electron chi connectivity index (χ1n) is 8.12. The molecule has 0 amide bonds. The van der Waals surface area contributed by atoms with Crippen LogP contribution in [0.25, 0.3) is 0 Å². The number of benzene rings is 1. The van der Waals surface area contributed by atoms with E-state index in [1.165, 1.54) is 5.56 Å². The molecule has 124 valence electrons. The molecule has 5 nitrogen and oxygen atoms in total. The largest absolute Gasteiger partial charge is 0.395 e. The third kappa shape index (κ3) is 4.75. The minimum absolute atomic E-state index is 0.130. The molecule has 0 unspecified atom stereocenters. The highest BCUT2D eigenvalue weighted by Crippen LogP contribution is 2.09. The Hall–Kier alpha value is -2.50. The third-order valence-electron chi connectivity index (χ3n) is 3.81. The number of aromatic nitrogens is 3. The van der Waals surface area contributed by atoms with Crippen LogP contribution in [0.2, 0.25) is 0 Å². The summed E-state index contributed by atoms with van der Waals surface area (Å²) in [7, 11) is 0. The molecule has 0 atom stereocenters. The summed E-state index contributed by atoms with van der Waals surface area (Å²) in [6.07, 6.45) is 5.76. The number of hydrogen-bond acceptors (Lipinski definition) is 4. The third-order valence-corrected chi connectivity index (χ3v) is 3.81. The number of aliphatic hydroxyl groups excluding tert-OH is 1. The minimum atomic E-state index is 0.130. The predicted octanol–water partition coefficient (Wildman–Crippen LogP) is 2.32. The Labute approximate surface area is 142 Å². The molecule has 0 fully saturated rings. The maximum Gasteiger partial charge on any atom is 0.0659 e. The van der Waals surface area contributed by atoms with Crippen molar-refractivity contribution in [3.05, 3.63) is 83.9 Å². The molecule has 1 aromatic carbocycles. The van der Waals surface area contributed by atoms with E-state index in [9.17, 15) is 5.11 Å². The fourth-order valence-electron chi connectivity index (χ4n) is 2.68. The molecule has 5 heteroatoms. The van der Waals surface area contributed by atoms with E-state index in [0.717, 1.165) is 24.3 Å². The van der Waals surface area contributed by atoms with E-state index >= 15 is 0 Å². The van der Waals surface area contributed by atoms with Gasteiger partial charge in [0.15, 0.2) is 0 Å². The van der Waals surface area contributed by atoms with Gasteiger partial charge in [0.25, 0.3) is 0 Å². The average Bonchev–Trinajstić information content (AvgIpc) is 3.04. The Morgan fingerprint density at radius 3 is 2.54 bits per heavy atom. The molecule has 2 aromatic heterocycles. The van der Waals surface area contributed by atoms with Crippen molar-refractivity contribution in [2.45, 2.75) is 19.6 Å². The molecule has 0 aliphatic rings. The molecular weight excluding hydrogens is 300 g/mol. The van der Waals surface area contributed by atoms with Gasteiger partial charge in [-0.25, -0.2) is 0 Å². The first-order valence-corrected chi connectivity index (χ1v) is 8.12. The summed E-state index contributed by atoms with van der Waals surface area (Å²) in [5, 5.41) is 13.8. The molecule has 0 bridgehead atoms. The van der Waals surface area contributed by atoms with Gasteiger partial charge in [-0.2, -0.15) is 5.10 Å². The lowest BCUT2D eigenvalue weighted by molar-refractivity contribution is 0.183. The molecule has 0 aliphatic heterocycles. The Morgan fingerprint density at radius 1 is 0.958 bits per heavy atom. The zero-order chi connectivity index (χ0) is 16.6. The molecule has 3 aromatic rings. The van der Waals surface area contributed by atoms with Gasteiger partial charge < -0.3 is 5.11 Å². The highest BCUT2D eigenvalue weighted by molar-refractivity contribution is 5.15. The summed E-state index contributed by atoms with van der Waals surface area (Å²) < 4.78 is 1.95. The van der Waals surface area contributed by atoms with Crippen molar-refractivity contribution >= 4 is 0 Å². The molecular formula is C19H22N4O. The summed E-state index contributed by atoms with van der Waals surface area (Å²) in [6.45, 7) is 2.96. The molecule has 1 N–H and O–H groups in total. The number of rotatable bonds is 8. The minimum Gasteiger partial charge on any atom is -0.395 e. The highest BCUT2D eigenvalue weighted by Gasteiger charge is 2.09. The summed E-state index contributed by atoms with van der Waals surface area (Å²) in [5.41, 5.74) is 3.37. The van der Waals surface area contributed by atoms with Crippen LogP contribution in [0.4, 0.5) is 0 Å². The zero-order valence-corrected chi connectivity index (χ0v) is 13.6. The molecule has 0 spiro atoms. The first-order chi connectivity index (χ1) is 11.8. The van der Waals surface area contributed by atoms with Crippen molar-refractivity contribution in [1.29, 1.82) is 0 Å². The van der Waals surface area contributed by atoms with Crippen LogP contribution < -0.4 is 0 Å². The van der Waals surface area contributed by atoms with Crippen LogP contribution in [0, 0.1) is 0 Å². The molecule has 0 radical (unpaired) electrons. The maximum atomic E-state index is 9.31. The van der Waals surface area contributed by atoms with E-state index in [4.69, 9.17) is 0 Å². The van der Waals surface area contributed by atoms with Gasteiger partial charge in [0.2, 0.25) is 0 Å². The van der Waals surface area contributed by atoms with E-state index in [0.29, 0.717) is 13.1 Å². The van der Waals surface area contributed by atoms with Crippen LogP contribution in [0.15, 0.2) is 67.1 Å². The summed E-state index contributed by atoms with van der Waals surface area (Å²) >= 11 is 0. The second kappa shape index (κ2) is 8.38. The monoisotopic (exact) mass is 322 g/mol. The lowest BCUT2D eigenvalue weighted by atomic mass is 10.2. The van der Waals surface area contributed by atoms with Gasteiger partial charge in [0.05, 0.1) is 25.0 Å². The topological polar surface area (TPSA) is 54.2 Å². The highest BCUT2D eigenvalue weighted by atomic mass is 16.3. The quantitative estimate of drug-likeness (QED) is 0.691. The van der Waals surface area contributed by atoms with E-state index in [2.05, 4.69) is 33.3 Å². The predicted molar refractivity (Wildman–Crippen MR) is 93.2 cm³/mol. The van der Waals surface area contributed by atoms with Crippen LogP contribution in [0.5, 0.6) is 0 Å². The number of pyridine rings is 1. The summed E-state index contributed by atoms with van der Waals surface area (Å²) in [5.74, 6) is 0. The Bertz CT molecular complexity index is 727. The van der Waals surface area contributed by atoms with Gasteiger partial charge in [-0.05, 0) is 17.7 Å². The van der Waals surface area contributed by atoms with E-state index < -0.39 is 0 Å². The maximum absolute atomic E-state index is 9.31. The van der Waals surface area contributed by atoms with Crippen LogP contribution in [-0.4, -0.2) is 37.9 Å². The molecule has 0 saturated heterocycles. The molecule has 24 heavy (non-hydrogen) atoms. The Morgan fingerprint density at radius 2 is 1.79 bits per heavy atom. The van der Waals surface area contributed by atoms with Crippen molar-refractivity contribution in [2.75, 3.05) is 13.2 Å². The SMILES string of the molecule is OCCN(Cc1cnn(Cc2ccccc2)c1)Cc1ccccn1. The smallest absolute Gasteiger partial charge is 0.0659 e. The van der Waals surface area contributed by atoms with E-state index in [1.54, 1.807) is 6.20 Å². The molecule has 2 heterocycles. The van der Waals surface area contributed by atoms with Crippen molar-refractivity contribution in [1.82, 2.24) is 19.7 Å². The Balaban J connectivity index is 1.62. The molecule has 3 rings (SSSR count). The standard InChI is InChI=1S/C19H22N4O/c24-11-10-22(16-19-8-4-5-9-20-19)13-18-12-21-23(15-18)14-17-6-2-1-3-7-17/h1-9,12,15,24H,10-11,13-14,16H2. The fourth-order valence-corrected chi connectivity index (χ4v) is 2.68. The zero-order valence-electron chi connectivity index (χ0n) is 13.6. The fraction of sp³-hybridized carbons (Fsp3) is 0.263. The van der Waals surface area contributed by atoms with E-state index in [1.807, 2.05) is 47.3 Å². The van der Waals surface area contributed by atoms with Crippen molar-refractivity contribution in [2.24, 2.45) is 0 Å². The van der Waals surface area contributed by atoms with Gasteiger partial charge in [0, 0.05) is 37.6 Å². The van der Waals surface area contributed by atoms with Gasteiger partial charge >= 0.3 is 0 Å². The molecule has 0 saturated carbocycles. The normalized spacial score (nSPS) is 11.1. The van der Waals surface area contributed by atoms with Crippen molar-refractivity contribution in [3.8, 4) is 0 Å². The van der Waals surface area contributed by atoms with Gasteiger partial charge in [0.1, 0.15) is 0 Å². The lowest BCUT2D eigenvalue weighted by Crippen LogP contribution is -2.26. The van der Waals surface area contributed by atoms with E-state index in [-0.39, 0.29) is 6.61 Å². The number of aliphatic hydroxyl groups is 1. The van der Waals surface area contributed by atoms with Crippen LogP contribution >= 0.6 is 0 Å². The van der Waals surface area contributed by atoms with Crippen molar-refractivity contribution in [3.63, 3.8) is 0 Å². The van der Waals surface area contributed by atoms with Gasteiger partial charge in [-0.3, -0.25) is 14.6 Å². The van der Waals surface area contributed by atoms with Gasteiger partial charge in [-0.1, -0.05) is 36.4 Å². The van der Waals surface area contributed by atoms with Crippen LogP contribution in [0.1, 0.15) is 16.8 Å². The second-order valence-corrected chi connectivity index (χ2v) is 5.79. The second-order valence-electron chi connectivity index (χ2n) is 5.79. The number of nitrogens with zero attached hydrogens (tertiary/aromatic N) is 4. The average molecular weight is 322 g/mol.